The van der Waals surface area contributed by atoms with Gasteiger partial charge in [0.2, 0.25) is 5.91 Å². The molecule has 10 nitrogen and oxygen atoms in total. The fourth-order valence-electron chi connectivity index (χ4n) is 7.36. The standard InChI is InChI=1S/C48H37Cl2N3O7/c49-39-19-10-31(20-40(39)50)27-58-38-17-15-34(16-18-38)45-28-59-43-23-36-22-42(53(26-37(36)24-44(43)60-45)47(55)35-4-2-1-3-5-35)46(54)52-41(48(56)57)21-29-6-11-32(12-7-29)33-13-8-30(25-51)9-14-33/h1-20,23-24,41-42,45H,21-22,26-28H2,(H,52,54)(H,56,57)/t41-,42-,45?/m0/s1. The summed E-state index contributed by atoms with van der Waals surface area (Å²) in [5, 5.41) is 23.0. The Balaban J connectivity index is 0.974. The number of carboxylic acids is 1. The molecule has 8 rings (SSSR count). The molecule has 0 aliphatic carbocycles. The van der Waals surface area contributed by atoms with Crippen LogP contribution in [0.2, 0.25) is 10.0 Å². The van der Waals surface area contributed by atoms with Crippen molar-refractivity contribution in [1.29, 1.82) is 5.26 Å². The molecule has 6 aromatic rings. The molecule has 300 valence electrons. The lowest BCUT2D eigenvalue weighted by molar-refractivity contribution is -0.142. The summed E-state index contributed by atoms with van der Waals surface area (Å²) in [6.07, 6.45) is -0.252. The van der Waals surface area contributed by atoms with E-state index in [2.05, 4.69) is 11.4 Å². The van der Waals surface area contributed by atoms with Gasteiger partial charge >= 0.3 is 5.97 Å². The smallest absolute Gasteiger partial charge is 0.326 e. The Morgan fingerprint density at radius 1 is 0.817 bits per heavy atom. The first-order chi connectivity index (χ1) is 29.1. The van der Waals surface area contributed by atoms with Crippen molar-refractivity contribution in [2.24, 2.45) is 0 Å². The fourth-order valence-corrected chi connectivity index (χ4v) is 7.68. The van der Waals surface area contributed by atoms with E-state index in [0.29, 0.717) is 50.6 Å². The van der Waals surface area contributed by atoms with Crippen LogP contribution in [0.15, 0.2) is 133 Å². The third-order valence-corrected chi connectivity index (χ3v) is 11.4. The van der Waals surface area contributed by atoms with E-state index in [4.69, 9.17) is 42.7 Å². The summed E-state index contributed by atoms with van der Waals surface area (Å²) < 4.78 is 18.6. The summed E-state index contributed by atoms with van der Waals surface area (Å²) in [5.74, 6) is -0.442. The van der Waals surface area contributed by atoms with Gasteiger partial charge in [0, 0.05) is 24.9 Å². The number of halogens is 2. The van der Waals surface area contributed by atoms with Crippen LogP contribution in [0.25, 0.3) is 11.1 Å². The molecule has 0 fully saturated rings. The Morgan fingerprint density at radius 3 is 2.18 bits per heavy atom. The van der Waals surface area contributed by atoms with Gasteiger partial charge in [-0.3, -0.25) is 9.59 Å². The lowest BCUT2D eigenvalue weighted by atomic mass is 9.91. The van der Waals surface area contributed by atoms with Crippen LogP contribution < -0.4 is 19.5 Å². The number of benzene rings is 6. The third-order valence-electron chi connectivity index (χ3n) is 10.6. The monoisotopic (exact) mass is 837 g/mol. The van der Waals surface area contributed by atoms with Gasteiger partial charge in [0.1, 0.15) is 31.0 Å². The van der Waals surface area contributed by atoms with Crippen molar-refractivity contribution >= 4 is 41.0 Å². The molecule has 0 saturated heterocycles. The van der Waals surface area contributed by atoms with Crippen LogP contribution in [0.5, 0.6) is 17.2 Å². The van der Waals surface area contributed by atoms with Crippen molar-refractivity contribution in [3.63, 3.8) is 0 Å². The zero-order valence-corrected chi connectivity index (χ0v) is 33.5. The van der Waals surface area contributed by atoms with Crippen LogP contribution in [0, 0.1) is 11.3 Å². The van der Waals surface area contributed by atoms with Crippen LogP contribution in [0.4, 0.5) is 0 Å². The van der Waals surface area contributed by atoms with Crippen LogP contribution >= 0.6 is 23.2 Å². The first kappa shape index (κ1) is 40.0. The number of carbonyl (C=O) groups excluding carboxylic acids is 2. The number of ether oxygens (including phenoxy) is 3. The van der Waals surface area contributed by atoms with Gasteiger partial charge in [-0.15, -0.1) is 0 Å². The number of rotatable bonds is 11. The van der Waals surface area contributed by atoms with Crippen LogP contribution in [-0.4, -0.2) is 46.5 Å². The second kappa shape index (κ2) is 17.6. The maximum absolute atomic E-state index is 14.1. The molecule has 2 heterocycles. The number of carbonyl (C=O) groups is 3. The molecule has 12 heteroatoms. The largest absolute Gasteiger partial charge is 0.489 e. The zero-order chi connectivity index (χ0) is 41.8. The maximum atomic E-state index is 14.1. The number of nitriles is 1. The Bertz CT molecular complexity index is 2600. The molecule has 3 atom stereocenters. The van der Waals surface area contributed by atoms with Gasteiger partial charge in [-0.2, -0.15) is 5.26 Å². The summed E-state index contributed by atoms with van der Waals surface area (Å²) in [6.45, 7) is 0.649. The average Bonchev–Trinajstić information content (AvgIpc) is 3.28. The molecule has 60 heavy (non-hydrogen) atoms. The summed E-state index contributed by atoms with van der Waals surface area (Å²) in [5.41, 5.74) is 6.83. The minimum Gasteiger partial charge on any atom is -0.489 e. The second-order valence-corrected chi connectivity index (χ2v) is 15.4. The summed E-state index contributed by atoms with van der Waals surface area (Å²) in [6, 6.07) is 39.7. The minimum absolute atomic E-state index is 0.0268. The number of hydrogen-bond acceptors (Lipinski definition) is 7. The van der Waals surface area contributed by atoms with Gasteiger partial charge in [0.15, 0.2) is 17.6 Å². The number of aliphatic carboxylic acids is 1. The molecule has 0 aromatic heterocycles. The van der Waals surface area contributed by atoms with E-state index in [0.717, 1.165) is 33.4 Å². The maximum Gasteiger partial charge on any atom is 0.326 e. The number of fused-ring (bicyclic) bond motifs is 2. The molecule has 0 saturated carbocycles. The van der Waals surface area contributed by atoms with E-state index in [9.17, 15) is 19.5 Å². The van der Waals surface area contributed by atoms with Gasteiger partial charge in [-0.25, -0.2) is 4.79 Å². The zero-order valence-electron chi connectivity index (χ0n) is 32.0. The first-order valence-electron chi connectivity index (χ1n) is 19.2. The van der Waals surface area contributed by atoms with Crippen LogP contribution in [-0.2, 0) is 35.6 Å². The molecule has 2 amide bonds. The highest BCUT2D eigenvalue weighted by Crippen LogP contribution is 2.41. The SMILES string of the molecule is N#Cc1ccc(-c2ccc(C[C@H](NC(=O)[C@@H]3Cc4cc5c(cc4CN3C(=O)c3ccccc3)OC(c3ccc(OCc4ccc(Cl)c(Cl)c4)cc3)CO5)C(=O)O)cc2)cc1. The minimum atomic E-state index is -1.26. The normalized spacial score (nSPS) is 15.8. The van der Waals surface area contributed by atoms with Crippen molar-refractivity contribution < 1.29 is 33.7 Å². The van der Waals surface area contributed by atoms with E-state index < -0.39 is 30.1 Å². The highest BCUT2D eigenvalue weighted by molar-refractivity contribution is 6.42. The second-order valence-electron chi connectivity index (χ2n) is 14.6. The number of hydrogen-bond donors (Lipinski definition) is 2. The van der Waals surface area contributed by atoms with E-state index in [1.807, 2.05) is 78.9 Å². The molecule has 2 aliphatic heterocycles. The molecular weight excluding hydrogens is 801 g/mol. The number of carboxylic acid groups (broad SMARTS) is 1. The lowest BCUT2D eigenvalue weighted by Gasteiger charge is -2.37. The van der Waals surface area contributed by atoms with Gasteiger partial charge in [0.25, 0.3) is 5.91 Å². The van der Waals surface area contributed by atoms with Crippen molar-refractivity contribution in [2.45, 2.75) is 44.2 Å². The Labute approximate surface area is 356 Å². The predicted octanol–water partition coefficient (Wildman–Crippen LogP) is 9.00. The Kier molecular flexibility index (Phi) is 11.7. The Morgan fingerprint density at radius 2 is 1.50 bits per heavy atom. The lowest BCUT2D eigenvalue weighted by Crippen LogP contribution is -2.56. The molecule has 6 aromatic carbocycles. The van der Waals surface area contributed by atoms with E-state index in [1.165, 1.54) is 4.90 Å². The third kappa shape index (κ3) is 8.93. The molecular formula is C48H37Cl2N3O7. The average molecular weight is 839 g/mol. The molecule has 1 unspecified atom stereocenters. The van der Waals surface area contributed by atoms with E-state index in [-0.39, 0.29) is 31.9 Å². The van der Waals surface area contributed by atoms with Gasteiger partial charge in [0.05, 0.1) is 21.7 Å². The van der Waals surface area contributed by atoms with E-state index in [1.54, 1.807) is 54.6 Å². The van der Waals surface area contributed by atoms with Gasteiger partial charge in [-0.05, 0) is 99.6 Å². The quantitative estimate of drug-likeness (QED) is 0.132. The fraction of sp³-hybridized carbons (Fsp3) is 0.167. The summed E-state index contributed by atoms with van der Waals surface area (Å²) in [4.78, 5) is 42.2. The predicted molar refractivity (Wildman–Crippen MR) is 226 cm³/mol. The molecule has 0 spiro atoms. The Hall–Kier alpha value is -6.80. The van der Waals surface area contributed by atoms with Crippen LogP contribution in [0.3, 0.4) is 0 Å². The number of nitrogens with one attached hydrogen (secondary N) is 1. The topological polar surface area (TPSA) is 138 Å². The van der Waals surface area contributed by atoms with Crippen molar-refractivity contribution in [2.75, 3.05) is 6.61 Å². The summed E-state index contributed by atoms with van der Waals surface area (Å²) >= 11 is 12.2. The number of amides is 2. The van der Waals surface area contributed by atoms with Gasteiger partial charge < -0.3 is 29.5 Å². The van der Waals surface area contributed by atoms with Crippen molar-refractivity contribution in [3.8, 4) is 34.4 Å². The van der Waals surface area contributed by atoms with Gasteiger partial charge in [-0.1, -0.05) is 96.0 Å². The van der Waals surface area contributed by atoms with Crippen molar-refractivity contribution in [3.05, 3.63) is 182 Å². The molecule has 0 bridgehead atoms. The highest BCUT2D eigenvalue weighted by atomic mass is 35.5. The van der Waals surface area contributed by atoms with Crippen LogP contribution in [0.1, 0.15) is 49.8 Å². The number of nitrogens with zero attached hydrogens (tertiary/aromatic N) is 2. The molecule has 2 N–H and O–H groups in total. The van der Waals surface area contributed by atoms with E-state index >= 15 is 0 Å². The highest BCUT2D eigenvalue weighted by Gasteiger charge is 2.38. The van der Waals surface area contributed by atoms with Crippen molar-refractivity contribution in [1.82, 2.24) is 10.2 Å². The molecule has 0 radical (unpaired) electrons. The molecule has 2 aliphatic rings. The summed E-state index contributed by atoms with van der Waals surface area (Å²) in [7, 11) is 0. The first-order valence-corrected chi connectivity index (χ1v) is 20.0.